The Morgan fingerprint density at radius 3 is 2.40 bits per heavy atom. The van der Waals surface area contributed by atoms with Gasteiger partial charge in [-0.25, -0.2) is 5.01 Å². The van der Waals surface area contributed by atoms with Gasteiger partial charge in [0.05, 0.1) is 11.4 Å². The Kier molecular flexibility index (Phi) is 5.34. The molecule has 7 nitrogen and oxygen atoms in total. The zero-order valence-corrected chi connectivity index (χ0v) is 15.9. The first-order valence-corrected chi connectivity index (χ1v) is 9.29. The number of rotatable bonds is 5. The van der Waals surface area contributed by atoms with E-state index in [2.05, 4.69) is 15.6 Å². The van der Waals surface area contributed by atoms with Crippen molar-refractivity contribution in [1.29, 1.82) is 0 Å². The Morgan fingerprint density at radius 1 is 1.03 bits per heavy atom. The maximum absolute atomic E-state index is 12.8. The van der Waals surface area contributed by atoms with Crippen LogP contribution in [0, 0.1) is 0 Å². The van der Waals surface area contributed by atoms with Crippen molar-refractivity contribution in [1.82, 2.24) is 0 Å². The number of aldehydes is 1. The fraction of sp³-hybridized carbons (Fsp3) is 0.0435. The lowest BCUT2D eigenvalue weighted by molar-refractivity contribution is -0.110. The van der Waals surface area contributed by atoms with Gasteiger partial charge in [0.2, 0.25) is 0 Å². The molecule has 0 unspecified atom stereocenters. The van der Waals surface area contributed by atoms with Crippen LogP contribution in [0.1, 0.15) is 15.9 Å². The molecule has 0 spiro atoms. The number of anilines is 3. The van der Waals surface area contributed by atoms with Crippen molar-refractivity contribution in [3.63, 3.8) is 0 Å². The van der Waals surface area contributed by atoms with Crippen LogP contribution in [0.5, 0.6) is 0 Å². The van der Waals surface area contributed by atoms with Gasteiger partial charge in [-0.15, -0.1) is 0 Å². The summed E-state index contributed by atoms with van der Waals surface area (Å²) in [5.41, 5.74) is 3.53. The van der Waals surface area contributed by atoms with Gasteiger partial charge in [0, 0.05) is 17.7 Å². The highest BCUT2D eigenvalue weighted by atomic mass is 16.4. The summed E-state index contributed by atoms with van der Waals surface area (Å²) in [6.45, 7) is 0. The SMILES string of the molecule is O=Cc1ccc2c(c1)CC(/C(=N/O)C(=O)Nc1ccccc1)=NN2c1ccccc1. The second-order valence-electron chi connectivity index (χ2n) is 6.65. The van der Waals surface area contributed by atoms with Gasteiger partial charge in [-0.3, -0.25) is 9.59 Å². The van der Waals surface area contributed by atoms with Crippen molar-refractivity contribution in [3.05, 3.63) is 90.0 Å². The van der Waals surface area contributed by atoms with E-state index in [-0.39, 0.29) is 17.8 Å². The summed E-state index contributed by atoms with van der Waals surface area (Å²) in [5.74, 6) is -0.578. The minimum atomic E-state index is -0.578. The molecule has 0 atom stereocenters. The second kappa shape index (κ2) is 8.40. The highest BCUT2D eigenvalue weighted by molar-refractivity contribution is 6.69. The minimum absolute atomic E-state index is 0.193. The van der Waals surface area contributed by atoms with Gasteiger partial charge in [0.15, 0.2) is 5.71 Å². The molecule has 2 N–H and O–H groups in total. The van der Waals surface area contributed by atoms with Gasteiger partial charge in [-0.05, 0) is 48.0 Å². The molecule has 0 aromatic heterocycles. The number of hydrazone groups is 1. The van der Waals surface area contributed by atoms with Crippen molar-refractivity contribution in [2.45, 2.75) is 6.42 Å². The van der Waals surface area contributed by atoms with Crippen molar-refractivity contribution in [2.24, 2.45) is 10.3 Å². The van der Waals surface area contributed by atoms with Crippen LogP contribution in [-0.4, -0.2) is 28.8 Å². The van der Waals surface area contributed by atoms with Crippen LogP contribution < -0.4 is 10.3 Å². The predicted octanol–water partition coefficient (Wildman–Crippen LogP) is 4.02. The zero-order valence-electron chi connectivity index (χ0n) is 15.9. The Hall–Kier alpha value is -4.26. The number of amides is 1. The molecule has 0 fully saturated rings. The summed E-state index contributed by atoms with van der Waals surface area (Å²) in [5, 5.41) is 21.8. The van der Waals surface area contributed by atoms with Crippen LogP contribution in [-0.2, 0) is 11.2 Å². The third kappa shape index (κ3) is 3.81. The highest BCUT2D eigenvalue weighted by Crippen LogP contribution is 2.33. The lowest BCUT2D eigenvalue weighted by Crippen LogP contribution is -2.35. The Balaban J connectivity index is 1.73. The molecular weight excluding hydrogens is 380 g/mol. The molecule has 0 radical (unpaired) electrons. The summed E-state index contributed by atoms with van der Waals surface area (Å²) in [7, 11) is 0. The lowest BCUT2D eigenvalue weighted by Gasteiger charge is -2.28. The van der Waals surface area contributed by atoms with E-state index in [4.69, 9.17) is 0 Å². The average Bonchev–Trinajstić information content (AvgIpc) is 2.80. The maximum Gasteiger partial charge on any atom is 0.279 e. The largest absolute Gasteiger partial charge is 0.410 e. The number of carbonyl (C=O) groups excluding carboxylic acids is 2. The predicted molar refractivity (Wildman–Crippen MR) is 116 cm³/mol. The molecule has 0 saturated carbocycles. The van der Waals surface area contributed by atoms with E-state index in [1.807, 2.05) is 42.5 Å². The first-order chi connectivity index (χ1) is 14.7. The molecule has 0 saturated heterocycles. The molecule has 1 heterocycles. The molecule has 30 heavy (non-hydrogen) atoms. The molecule has 3 aromatic rings. The van der Waals surface area contributed by atoms with Crippen LogP contribution in [0.3, 0.4) is 0 Å². The lowest BCUT2D eigenvalue weighted by atomic mass is 9.98. The topological polar surface area (TPSA) is 94.4 Å². The molecule has 1 aliphatic heterocycles. The molecule has 1 amide bonds. The number of carbonyl (C=O) groups is 2. The van der Waals surface area contributed by atoms with E-state index < -0.39 is 5.91 Å². The molecule has 0 bridgehead atoms. The van der Waals surface area contributed by atoms with Crippen molar-refractivity contribution < 1.29 is 14.8 Å². The first-order valence-electron chi connectivity index (χ1n) is 9.29. The van der Waals surface area contributed by atoms with Gasteiger partial charge in [0.25, 0.3) is 5.91 Å². The van der Waals surface area contributed by atoms with Gasteiger partial charge in [-0.1, -0.05) is 41.6 Å². The van der Waals surface area contributed by atoms with E-state index >= 15 is 0 Å². The number of para-hydroxylation sites is 2. The summed E-state index contributed by atoms with van der Waals surface area (Å²) >= 11 is 0. The fourth-order valence-corrected chi connectivity index (χ4v) is 3.26. The fourth-order valence-electron chi connectivity index (χ4n) is 3.26. The highest BCUT2D eigenvalue weighted by Gasteiger charge is 2.27. The van der Waals surface area contributed by atoms with Crippen LogP contribution in [0.2, 0.25) is 0 Å². The minimum Gasteiger partial charge on any atom is -0.410 e. The van der Waals surface area contributed by atoms with Crippen molar-refractivity contribution in [3.8, 4) is 0 Å². The smallest absolute Gasteiger partial charge is 0.279 e. The summed E-state index contributed by atoms with van der Waals surface area (Å²) in [4.78, 5) is 24.0. The zero-order chi connectivity index (χ0) is 20.9. The van der Waals surface area contributed by atoms with E-state index in [1.165, 1.54) is 0 Å². The first kappa shape index (κ1) is 19.1. The van der Waals surface area contributed by atoms with E-state index in [0.29, 0.717) is 11.3 Å². The second-order valence-corrected chi connectivity index (χ2v) is 6.65. The molecule has 7 heteroatoms. The Bertz CT molecular complexity index is 1140. The van der Waals surface area contributed by atoms with Crippen LogP contribution in [0.25, 0.3) is 0 Å². The number of fused-ring (bicyclic) bond motifs is 1. The van der Waals surface area contributed by atoms with Gasteiger partial charge in [-0.2, -0.15) is 5.10 Å². The summed E-state index contributed by atoms with van der Waals surface area (Å²) in [6.07, 6.45) is 1.00. The molecule has 148 valence electrons. The third-order valence-electron chi connectivity index (χ3n) is 4.67. The summed E-state index contributed by atoms with van der Waals surface area (Å²) in [6, 6.07) is 23.6. The number of nitrogens with one attached hydrogen (secondary N) is 1. The molecule has 4 rings (SSSR count). The maximum atomic E-state index is 12.8. The number of benzene rings is 3. The Labute approximate surface area is 173 Å². The van der Waals surface area contributed by atoms with E-state index in [0.717, 1.165) is 23.2 Å². The van der Waals surface area contributed by atoms with Gasteiger partial charge >= 0.3 is 0 Å². The molecule has 0 aliphatic carbocycles. The number of nitrogens with zero attached hydrogens (tertiary/aromatic N) is 3. The van der Waals surface area contributed by atoms with E-state index in [9.17, 15) is 14.8 Å². The molecule has 1 aliphatic rings. The monoisotopic (exact) mass is 398 g/mol. The standard InChI is InChI=1S/C23H18N4O3/c28-15-16-11-12-21-17(13-16)14-20(25-27(21)19-9-5-2-6-10-19)22(26-30)23(29)24-18-7-3-1-4-8-18/h1-13,15,30H,14H2,(H,24,29)/b26-22-. The normalized spacial score (nSPS) is 13.3. The number of hydrogen-bond donors (Lipinski definition) is 2. The van der Waals surface area contributed by atoms with Crippen LogP contribution in [0.4, 0.5) is 17.1 Å². The molecule has 3 aromatic carbocycles. The quantitative estimate of drug-likeness (QED) is 0.294. The van der Waals surface area contributed by atoms with Gasteiger partial charge < -0.3 is 10.5 Å². The third-order valence-corrected chi connectivity index (χ3v) is 4.67. The van der Waals surface area contributed by atoms with Crippen molar-refractivity contribution in [2.75, 3.05) is 10.3 Å². The Morgan fingerprint density at radius 2 is 1.73 bits per heavy atom. The van der Waals surface area contributed by atoms with E-state index in [1.54, 1.807) is 41.4 Å². The van der Waals surface area contributed by atoms with Crippen LogP contribution in [0.15, 0.2) is 89.1 Å². The number of hydrogen-bond acceptors (Lipinski definition) is 6. The molecular formula is C23H18N4O3. The van der Waals surface area contributed by atoms with Gasteiger partial charge in [0.1, 0.15) is 12.0 Å². The van der Waals surface area contributed by atoms with Crippen molar-refractivity contribution >= 4 is 40.7 Å². The van der Waals surface area contributed by atoms with Crippen LogP contribution >= 0.6 is 0 Å². The number of oxime groups is 1. The summed E-state index contributed by atoms with van der Waals surface area (Å²) < 4.78 is 0. The average molecular weight is 398 g/mol.